The van der Waals surface area contributed by atoms with Crippen LogP contribution in [0.1, 0.15) is 6.92 Å². The molecule has 0 saturated heterocycles. The molecular weight excluding hydrogens is 412 g/mol. The summed E-state index contributed by atoms with van der Waals surface area (Å²) >= 11 is 0. The van der Waals surface area contributed by atoms with Crippen molar-refractivity contribution in [2.24, 2.45) is 10.2 Å². The fourth-order valence-electron chi connectivity index (χ4n) is 3.80. The zero-order chi connectivity index (χ0) is 22.9. The number of ether oxygens (including phenoxy) is 1. The van der Waals surface area contributed by atoms with Crippen molar-refractivity contribution >= 4 is 49.7 Å². The van der Waals surface area contributed by atoms with Gasteiger partial charge in [-0.25, -0.2) is 4.79 Å². The zero-order valence-electron chi connectivity index (χ0n) is 17.9. The van der Waals surface area contributed by atoms with E-state index in [4.69, 9.17) is 4.74 Å². The highest BCUT2D eigenvalue weighted by atomic mass is 16.5. The van der Waals surface area contributed by atoms with Gasteiger partial charge in [0, 0.05) is 16.3 Å². The third-order valence-corrected chi connectivity index (χ3v) is 5.49. The first-order valence-corrected chi connectivity index (χ1v) is 10.5. The van der Waals surface area contributed by atoms with Gasteiger partial charge >= 0.3 is 5.97 Å². The van der Waals surface area contributed by atoms with Gasteiger partial charge in [-0.15, -0.1) is 10.2 Å². The van der Waals surface area contributed by atoms with Gasteiger partial charge in [-0.05, 0) is 52.7 Å². The van der Waals surface area contributed by atoms with Crippen molar-refractivity contribution in [3.8, 4) is 11.5 Å². The topological polar surface area (TPSA) is 71.2 Å². The van der Waals surface area contributed by atoms with Gasteiger partial charge in [0.25, 0.3) is 0 Å². The first-order chi connectivity index (χ1) is 16.0. The summed E-state index contributed by atoms with van der Waals surface area (Å²) in [5.74, 6) is -0.860. The SMILES string of the molecule is C=C(C)C(=O)Oc1cc2ccccc2c(N=Nc2cccc3cc4ccccc4cc23)c1O. The van der Waals surface area contributed by atoms with E-state index >= 15 is 0 Å². The Balaban J connectivity index is 1.66. The Morgan fingerprint density at radius 2 is 1.42 bits per heavy atom. The monoisotopic (exact) mass is 432 g/mol. The van der Waals surface area contributed by atoms with Crippen molar-refractivity contribution in [2.45, 2.75) is 6.92 Å². The molecule has 0 unspecified atom stereocenters. The fourth-order valence-corrected chi connectivity index (χ4v) is 3.80. The first-order valence-electron chi connectivity index (χ1n) is 10.5. The molecule has 5 rings (SSSR count). The van der Waals surface area contributed by atoms with Crippen LogP contribution in [0.2, 0.25) is 0 Å². The molecule has 0 aliphatic heterocycles. The number of carbonyl (C=O) groups is 1. The average molecular weight is 432 g/mol. The molecule has 5 nitrogen and oxygen atoms in total. The fraction of sp³-hybridized carbons (Fsp3) is 0.0357. The number of benzene rings is 5. The van der Waals surface area contributed by atoms with Crippen molar-refractivity contribution in [3.63, 3.8) is 0 Å². The van der Waals surface area contributed by atoms with Crippen molar-refractivity contribution in [3.05, 3.63) is 97.1 Å². The number of aromatic hydroxyl groups is 1. The summed E-state index contributed by atoms with van der Waals surface area (Å²) in [6.07, 6.45) is 0. The third kappa shape index (κ3) is 3.81. The zero-order valence-corrected chi connectivity index (χ0v) is 17.9. The van der Waals surface area contributed by atoms with Crippen LogP contribution in [0.3, 0.4) is 0 Å². The van der Waals surface area contributed by atoms with E-state index in [1.807, 2.05) is 54.6 Å². The van der Waals surface area contributed by atoms with Crippen LogP contribution in [-0.4, -0.2) is 11.1 Å². The lowest BCUT2D eigenvalue weighted by Crippen LogP contribution is -2.08. The van der Waals surface area contributed by atoms with E-state index < -0.39 is 5.97 Å². The Morgan fingerprint density at radius 3 is 2.18 bits per heavy atom. The van der Waals surface area contributed by atoms with Crippen LogP contribution in [0.25, 0.3) is 32.3 Å². The van der Waals surface area contributed by atoms with Crippen LogP contribution < -0.4 is 4.74 Å². The number of rotatable bonds is 4. The molecule has 1 N–H and O–H groups in total. The molecule has 0 fully saturated rings. The van der Waals surface area contributed by atoms with Crippen molar-refractivity contribution in [1.82, 2.24) is 0 Å². The Hall–Kier alpha value is -4.51. The number of esters is 1. The van der Waals surface area contributed by atoms with Gasteiger partial charge in [-0.1, -0.05) is 67.2 Å². The number of phenols is 1. The Kier molecular flexibility index (Phi) is 5.07. The standard InChI is InChI=1S/C28H20N2O3/c1-17(2)28(32)33-25-16-21-10-5-6-12-22(21)26(27(25)31)30-29-24-13-7-11-20-14-18-8-3-4-9-19(18)15-23(20)24/h3-16,31H,1H2,2H3. The lowest BCUT2D eigenvalue weighted by molar-refractivity contribution is -0.130. The summed E-state index contributed by atoms with van der Waals surface area (Å²) < 4.78 is 5.34. The van der Waals surface area contributed by atoms with E-state index in [1.165, 1.54) is 0 Å². The number of carbonyl (C=O) groups excluding carboxylic acids is 1. The lowest BCUT2D eigenvalue weighted by atomic mass is 10.0. The predicted molar refractivity (Wildman–Crippen MR) is 132 cm³/mol. The maximum Gasteiger partial charge on any atom is 0.338 e. The Bertz CT molecular complexity index is 1600. The molecule has 0 aliphatic rings. The van der Waals surface area contributed by atoms with Crippen LogP contribution in [0.5, 0.6) is 11.5 Å². The summed E-state index contributed by atoms with van der Waals surface area (Å²) in [7, 11) is 0. The Labute approximate surface area is 190 Å². The quantitative estimate of drug-likeness (QED) is 0.104. The van der Waals surface area contributed by atoms with Crippen LogP contribution in [-0.2, 0) is 4.79 Å². The van der Waals surface area contributed by atoms with E-state index in [-0.39, 0.29) is 22.8 Å². The van der Waals surface area contributed by atoms with Crippen molar-refractivity contribution in [2.75, 3.05) is 0 Å². The summed E-state index contributed by atoms with van der Waals surface area (Å²) in [5.41, 5.74) is 1.13. The number of hydrogen-bond acceptors (Lipinski definition) is 5. The van der Waals surface area contributed by atoms with Gasteiger partial charge < -0.3 is 9.84 Å². The van der Waals surface area contributed by atoms with E-state index in [1.54, 1.807) is 13.0 Å². The second kappa shape index (κ2) is 8.20. The van der Waals surface area contributed by atoms with E-state index in [2.05, 4.69) is 41.1 Å². The summed E-state index contributed by atoms with van der Waals surface area (Å²) in [6.45, 7) is 5.14. The highest BCUT2D eigenvalue weighted by Gasteiger charge is 2.17. The number of fused-ring (bicyclic) bond motifs is 3. The average Bonchev–Trinajstić information content (AvgIpc) is 2.82. The maximum atomic E-state index is 12.1. The van der Waals surface area contributed by atoms with Crippen molar-refractivity contribution in [1.29, 1.82) is 0 Å². The van der Waals surface area contributed by atoms with Crippen LogP contribution in [0.4, 0.5) is 11.4 Å². The molecule has 0 atom stereocenters. The molecule has 5 heteroatoms. The first kappa shape index (κ1) is 20.4. The van der Waals surface area contributed by atoms with Gasteiger partial charge in [0.05, 0.1) is 5.69 Å². The molecule has 33 heavy (non-hydrogen) atoms. The molecule has 0 radical (unpaired) electrons. The maximum absolute atomic E-state index is 12.1. The van der Waals surface area contributed by atoms with Gasteiger partial charge in [-0.2, -0.15) is 0 Å². The minimum Gasteiger partial charge on any atom is -0.503 e. The van der Waals surface area contributed by atoms with E-state index in [0.29, 0.717) is 11.1 Å². The number of azo groups is 1. The highest BCUT2D eigenvalue weighted by Crippen LogP contribution is 2.44. The van der Waals surface area contributed by atoms with E-state index in [9.17, 15) is 9.90 Å². The molecule has 0 amide bonds. The predicted octanol–water partition coefficient (Wildman–Crippen LogP) is 7.75. The normalized spacial score (nSPS) is 11.4. The number of hydrogen-bond donors (Lipinski definition) is 1. The molecule has 160 valence electrons. The van der Waals surface area contributed by atoms with Gasteiger partial charge in [0.15, 0.2) is 11.5 Å². The van der Waals surface area contributed by atoms with E-state index in [0.717, 1.165) is 26.9 Å². The third-order valence-electron chi connectivity index (χ3n) is 5.49. The minimum absolute atomic E-state index is 0.0135. The number of nitrogens with zero attached hydrogens (tertiary/aromatic N) is 2. The Morgan fingerprint density at radius 1 is 0.788 bits per heavy atom. The summed E-state index contributed by atoms with van der Waals surface area (Å²) in [4.78, 5) is 12.1. The largest absolute Gasteiger partial charge is 0.503 e. The molecule has 0 aromatic heterocycles. The lowest BCUT2D eigenvalue weighted by Gasteiger charge is -2.11. The molecule has 0 bridgehead atoms. The summed E-state index contributed by atoms with van der Waals surface area (Å²) in [6, 6.07) is 27.2. The van der Waals surface area contributed by atoms with Gasteiger partial charge in [0.1, 0.15) is 5.69 Å². The molecule has 0 saturated carbocycles. The smallest absolute Gasteiger partial charge is 0.338 e. The van der Waals surface area contributed by atoms with Gasteiger partial charge in [-0.3, -0.25) is 0 Å². The molecular formula is C28H20N2O3. The minimum atomic E-state index is -0.621. The molecule has 0 aliphatic carbocycles. The highest BCUT2D eigenvalue weighted by molar-refractivity contribution is 6.03. The van der Waals surface area contributed by atoms with Gasteiger partial charge in [0.2, 0.25) is 0 Å². The molecule has 0 spiro atoms. The molecule has 5 aromatic carbocycles. The molecule has 5 aromatic rings. The van der Waals surface area contributed by atoms with Crippen LogP contribution in [0.15, 0.2) is 107 Å². The number of phenolic OH excluding ortho intramolecular Hbond substituents is 1. The van der Waals surface area contributed by atoms with Crippen LogP contribution >= 0.6 is 0 Å². The van der Waals surface area contributed by atoms with Crippen molar-refractivity contribution < 1.29 is 14.6 Å². The molecule has 0 heterocycles. The van der Waals surface area contributed by atoms with Crippen LogP contribution in [0, 0.1) is 0 Å². The summed E-state index contributed by atoms with van der Waals surface area (Å²) in [5, 5.41) is 25.5. The second-order valence-corrected chi connectivity index (χ2v) is 7.86. The second-order valence-electron chi connectivity index (χ2n) is 7.86.